The van der Waals surface area contributed by atoms with Crippen LogP contribution in [0.3, 0.4) is 0 Å². The Morgan fingerprint density at radius 3 is 2.82 bits per heavy atom. The van der Waals surface area contributed by atoms with Crippen LogP contribution in [0.25, 0.3) is 16.7 Å². The van der Waals surface area contributed by atoms with Crippen molar-refractivity contribution in [2.45, 2.75) is 38.8 Å². The summed E-state index contributed by atoms with van der Waals surface area (Å²) in [6.45, 7) is 3.41. The summed E-state index contributed by atoms with van der Waals surface area (Å²) < 4.78 is 8.77. The first-order valence-corrected chi connectivity index (χ1v) is 11.6. The molecule has 8 nitrogen and oxygen atoms in total. The van der Waals surface area contributed by atoms with Gasteiger partial charge in [-0.15, -0.1) is 0 Å². The van der Waals surface area contributed by atoms with E-state index >= 15 is 0 Å². The van der Waals surface area contributed by atoms with Crippen molar-refractivity contribution in [2.75, 3.05) is 13.2 Å². The number of carbonyl (C=O) groups is 1. The van der Waals surface area contributed by atoms with Gasteiger partial charge < -0.3 is 14.6 Å². The molecule has 1 saturated heterocycles. The predicted molar refractivity (Wildman–Crippen MR) is 129 cm³/mol. The third kappa shape index (κ3) is 4.24. The van der Waals surface area contributed by atoms with E-state index in [1.165, 1.54) is 10.5 Å². The zero-order chi connectivity index (χ0) is 23.7. The van der Waals surface area contributed by atoms with Crippen molar-refractivity contribution in [1.82, 2.24) is 19.3 Å². The van der Waals surface area contributed by atoms with Gasteiger partial charge >= 0.3 is 0 Å². The maximum absolute atomic E-state index is 13.4. The van der Waals surface area contributed by atoms with Gasteiger partial charge in [-0.3, -0.25) is 19.4 Å². The van der Waals surface area contributed by atoms with Crippen LogP contribution < -0.4 is 16.4 Å². The lowest BCUT2D eigenvalue weighted by atomic mass is 10.1. The van der Waals surface area contributed by atoms with Gasteiger partial charge in [-0.1, -0.05) is 36.4 Å². The Kier molecular flexibility index (Phi) is 5.98. The molecule has 34 heavy (non-hydrogen) atoms. The van der Waals surface area contributed by atoms with E-state index in [-0.39, 0.29) is 28.6 Å². The van der Waals surface area contributed by atoms with Crippen LogP contribution in [0.2, 0.25) is 0 Å². The number of hydrogen-bond acceptors (Lipinski definition) is 5. The monoisotopic (exact) mass is 457 g/mol. The minimum absolute atomic E-state index is 0.0111. The lowest BCUT2D eigenvalue weighted by Crippen LogP contribution is -2.38. The van der Waals surface area contributed by atoms with E-state index in [4.69, 9.17) is 15.1 Å². The smallest absolute Gasteiger partial charge is 0.267 e. The van der Waals surface area contributed by atoms with E-state index in [9.17, 15) is 9.59 Å². The lowest BCUT2D eigenvalue weighted by Gasteiger charge is -2.16. The third-order valence-corrected chi connectivity index (χ3v) is 6.28. The van der Waals surface area contributed by atoms with E-state index in [0.717, 1.165) is 24.0 Å². The van der Waals surface area contributed by atoms with Gasteiger partial charge in [0.15, 0.2) is 0 Å². The molecule has 1 fully saturated rings. The Labute approximate surface area is 196 Å². The van der Waals surface area contributed by atoms with Crippen LogP contribution in [0.1, 0.15) is 34.3 Å². The molecule has 1 aliphatic rings. The summed E-state index contributed by atoms with van der Waals surface area (Å²) in [5.74, 6) is -0.385. The molecule has 1 atom stereocenters. The second-order valence-electron chi connectivity index (χ2n) is 8.73. The maximum atomic E-state index is 13.4. The van der Waals surface area contributed by atoms with Crippen molar-refractivity contribution in [3.05, 3.63) is 87.3 Å². The number of ether oxygens (including phenoxy) is 1. The fourth-order valence-electron chi connectivity index (χ4n) is 4.43. The number of hydrogen-bond donors (Lipinski definition) is 2. The molecule has 8 heteroatoms. The van der Waals surface area contributed by atoms with Gasteiger partial charge in [-0.2, -0.15) is 0 Å². The molecule has 4 aromatic rings. The topological polar surface area (TPSA) is 101 Å². The number of benzene rings is 1. The van der Waals surface area contributed by atoms with Crippen LogP contribution in [0.5, 0.6) is 0 Å². The van der Waals surface area contributed by atoms with Crippen molar-refractivity contribution in [2.24, 2.45) is 0 Å². The van der Waals surface area contributed by atoms with Crippen molar-refractivity contribution in [3.8, 4) is 0 Å². The molecule has 3 aromatic heterocycles. The van der Waals surface area contributed by atoms with Crippen LogP contribution in [-0.4, -0.2) is 39.1 Å². The molecular weight excluding hydrogens is 430 g/mol. The van der Waals surface area contributed by atoms with E-state index < -0.39 is 0 Å². The number of aromatic nitrogens is 3. The lowest BCUT2D eigenvalue weighted by molar-refractivity contribution is 0.0856. The van der Waals surface area contributed by atoms with Crippen molar-refractivity contribution in [1.29, 1.82) is 5.41 Å². The molecule has 1 aromatic carbocycles. The molecule has 0 bridgehead atoms. The minimum atomic E-state index is -0.385. The fraction of sp³-hybridized carbons (Fsp3) is 0.308. The first-order chi connectivity index (χ1) is 16.5. The maximum Gasteiger partial charge on any atom is 0.267 e. The summed E-state index contributed by atoms with van der Waals surface area (Å²) in [7, 11) is 0. The Hall–Kier alpha value is -3.78. The summed E-state index contributed by atoms with van der Waals surface area (Å²) in [5, 5.41) is 12.0. The second-order valence-corrected chi connectivity index (χ2v) is 8.73. The van der Waals surface area contributed by atoms with E-state index in [1.54, 1.807) is 16.8 Å². The number of rotatable bonds is 6. The molecule has 4 heterocycles. The van der Waals surface area contributed by atoms with Gasteiger partial charge in [-0.25, -0.2) is 4.98 Å². The first-order valence-electron chi connectivity index (χ1n) is 11.6. The zero-order valence-corrected chi connectivity index (χ0v) is 19.1. The Bertz CT molecular complexity index is 1480. The van der Waals surface area contributed by atoms with Crippen molar-refractivity contribution >= 4 is 22.6 Å². The Balaban J connectivity index is 1.62. The highest BCUT2D eigenvalue weighted by atomic mass is 16.5. The predicted octanol–water partition coefficient (Wildman–Crippen LogP) is 2.59. The van der Waals surface area contributed by atoms with Gasteiger partial charge in [-0.05, 0) is 49.4 Å². The van der Waals surface area contributed by atoms with Crippen LogP contribution in [0.4, 0.5) is 0 Å². The fourth-order valence-corrected chi connectivity index (χ4v) is 4.43. The van der Waals surface area contributed by atoms with Crippen molar-refractivity contribution in [3.63, 3.8) is 0 Å². The number of nitrogens with zero attached hydrogens (tertiary/aromatic N) is 3. The Morgan fingerprint density at radius 2 is 2.06 bits per heavy atom. The molecular formula is C26H27N5O3. The molecule has 0 aliphatic carbocycles. The molecule has 0 saturated carbocycles. The first kappa shape index (κ1) is 22.0. The molecule has 2 N–H and O–H groups in total. The highest BCUT2D eigenvalue weighted by Crippen LogP contribution is 2.14. The van der Waals surface area contributed by atoms with E-state index in [1.807, 2.05) is 43.3 Å². The molecule has 1 aliphatic heterocycles. The molecule has 0 radical (unpaired) electrons. The van der Waals surface area contributed by atoms with Gasteiger partial charge in [0.2, 0.25) is 0 Å². The summed E-state index contributed by atoms with van der Waals surface area (Å²) in [6, 6.07) is 15.1. The number of aryl methyl sites for hydroxylation is 3. The van der Waals surface area contributed by atoms with Gasteiger partial charge in [0.1, 0.15) is 16.8 Å². The largest absolute Gasteiger partial charge is 0.376 e. The molecule has 174 valence electrons. The third-order valence-electron chi connectivity index (χ3n) is 6.28. The highest BCUT2D eigenvalue weighted by molar-refractivity contribution is 5.96. The van der Waals surface area contributed by atoms with E-state index in [0.29, 0.717) is 42.8 Å². The standard InChI is InChI=1S/C26H27N5O3/c1-17-9-10-22-29-24-21(26(33)31(22)16-17)14-20(25(32)28-15-19-8-5-13-34-19)23(27)30(24)12-11-18-6-3-2-4-7-18/h2-4,6-7,9-10,14,16,19,27H,5,8,11-13,15H2,1H3,(H,28,32)/t19-/m0/s1. The molecule has 5 rings (SSSR count). The zero-order valence-electron chi connectivity index (χ0n) is 19.1. The molecule has 0 spiro atoms. The minimum Gasteiger partial charge on any atom is -0.376 e. The average Bonchev–Trinajstić information content (AvgIpc) is 3.37. The summed E-state index contributed by atoms with van der Waals surface area (Å²) in [4.78, 5) is 31.2. The average molecular weight is 458 g/mol. The van der Waals surface area contributed by atoms with Gasteiger partial charge in [0.25, 0.3) is 11.5 Å². The summed E-state index contributed by atoms with van der Waals surface area (Å²) in [6.07, 6.45) is 4.25. The Morgan fingerprint density at radius 1 is 1.24 bits per heavy atom. The van der Waals surface area contributed by atoms with Crippen molar-refractivity contribution < 1.29 is 9.53 Å². The van der Waals surface area contributed by atoms with Crippen LogP contribution in [0, 0.1) is 12.3 Å². The number of carbonyl (C=O) groups excluding carboxylic acids is 1. The van der Waals surface area contributed by atoms with Crippen LogP contribution in [-0.2, 0) is 17.7 Å². The summed E-state index contributed by atoms with van der Waals surface area (Å²) >= 11 is 0. The normalized spacial score (nSPS) is 15.7. The number of fused-ring (bicyclic) bond motifs is 2. The van der Waals surface area contributed by atoms with Gasteiger partial charge in [0.05, 0.1) is 17.1 Å². The number of pyridine rings is 2. The van der Waals surface area contributed by atoms with Crippen LogP contribution in [0.15, 0.2) is 59.5 Å². The van der Waals surface area contributed by atoms with E-state index in [2.05, 4.69) is 5.32 Å². The number of nitrogens with one attached hydrogen (secondary N) is 2. The summed E-state index contributed by atoms with van der Waals surface area (Å²) in [5.41, 5.74) is 2.88. The van der Waals surface area contributed by atoms with Crippen LogP contribution >= 0.6 is 0 Å². The molecule has 0 unspecified atom stereocenters. The SMILES string of the molecule is Cc1ccc2nc3c(cc(C(=O)NC[C@@H]4CCCO4)c(=N)n3CCc3ccccc3)c(=O)n2c1. The van der Waals surface area contributed by atoms with Gasteiger partial charge in [0, 0.05) is 25.9 Å². The number of amides is 1. The second kappa shape index (κ2) is 9.23. The highest BCUT2D eigenvalue weighted by Gasteiger charge is 2.20. The molecule has 1 amide bonds. The quantitative estimate of drug-likeness (QED) is 0.435.